The maximum Gasteiger partial charge on any atom is 0.406 e. The summed E-state index contributed by atoms with van der Waals surface area (Å²) in [5.41, 5.74) is 7.81. The summed E-state index contributed by atoms with van der Waals surface area (Å²) < 4.78 is 55.8. The second-order valence-corrected chi connectivity index (χ2v) is 18.1. The second-order valence-electron chi connectivity index (χ2n) is 14.8. The van der Waals surface area contributed by atoms with Crippen LogP contribution in [-0.2, 0) is 53.2 Å². The number of benzene rings is 2. The third-order valence-electron chi connectivity index (χ3n) is 9.99. The number of aryl methyl sites for hydroxylation is 4. The fourth-order valence-electron chi connectivity index (χ4n) is 6.88. The fourth-order valence-corrected chi connectivity index (χ4v) is 8.67. The smallest absolute Gasteiger partial charge is 0.406 e. The molecular formula is C44H39Br4F3N12O6. The lowest BCUT2D eigenvalue weighted by Crippen LogP contribution is -2.03. The zero-order valence-electron chi connectivity index (χ0n) is 36.8. The largest absolute Gasteiger partial charge is 0.481 e. The van der Waals surface area contributed by atoms with Gasteiger partial charge >= 0.3 is 11.6 Å². The van der Waals surface area contributed by atoms with Gasteiger partial charge in [0, 0.05) is 103 Å². The Hall–Kier alpha value is -6.15. The number of aliphatic hydroxyl groups is 1. The number of ether oxygens (including phenoxy) is 1. The van der Waals surface area contributed by atoms with E-state index in [1.54, 1.807) is 27.7 Å². The van der Waals surface area contributed by atoms with Crippen LogP contribution in [0.15, 0.2) is 104 Å². The first-order valence-corrected chi connectivity index (χ1v) is 23.6. The summed E-state index contributed by atoms with van der Waals surface area (Å²) in [7, 11) is 3.66. The van der Waals surface area contributed by atoms with Gasteiger partial charge in [-0.25, -0.2) is 8.78 Å². The van der Waals surface area contributed by atoms with Crippen molar-refractivity contribution in [3.8, 4) is 28.3 Å². The SMILES string of the molecule is CCn1ncc(Cc2cn(C)nc2-c2ccc(F)cc2CO)c1Br.CCn1ncc(Cc2cn(C)nc2-c2ccc(F)cc2COc2cc(Br)cnc2[N+](=O)[O-])c1Br.O=[N+]([O-])c1ncc(Br)cc1F. The van der Waals surface area contributed by atoms with E-state index < -0.39 is 33.1 Å². The lowest BCUT2D eigenvalue weighted by atomic mass is 9.99. The van der Waals surface area contributed by atoms with E-state index in [2.05, 4.69) is 94.1 Å². The Balaban J connectivity index is 0.000000193. The van der Waals surface area contributed by atoms with Gasteiger partial charge in [0.2, 0.25) is 11.6 Å². The maximum absolute atomic E-state index is 14.2. The van der Waals surface area contributed by atoms with E-state index in [4.69, 9.17) is 4.74 Å². The molecule has 0 aliphatic heterocycles. The van der Waals surface area contributed by atoms with Crippen molar-refractivity contribution < 1.29 is 32.9 Å². The van der Waals surface area contributed by atoms with Gasteiger partial charge < -0.3 is 30.1 Å². The molecule has 360 valence electrons. The van der Waals surface area contributed by atoms with E-state index >= 15 is 0 Å². The highest BCUT2D eigenvalue weighted by Gasteiger charge is 2.22. The van der Waals surface area contributed by atoms with Crippen LogP contribution in [0, 0.1) is 37.7 Å². The Labute approximate surface area is 425 Å². The van der Waals surface area contributed by atoms with E-state index in [1.807, 2.05) is 55.9 Å². The standard InChI is InChI=1S/C22H19Br2FN6O3.C17H18BrFN4O.C5H2BrFN2O2/c1-3-30-21(24)13(9-27-30)6-14-11-29(2)28-20(14)18-5-4-17(25)7-15(18)12-34-19-8-16(23)10-26-22(19)31(32)33;1-3-23-17(18)11(8-20-23)6-12-9-22(2)21-16(12)15-5-4-14(19)7-13(15)10-24;6-3-1-4(7)5(8-2-3)9(10)11/h4-5,7-11H,3,6,12H2,1-2H3;4-5,7-9,24H,3,6,10H2,1-2H3;1-2H. The average Bonchev–Trinajstić information content (AvgIpc) is 4.07. The second kappa shape index (κ2) is 23.4. The van der Waals surface area contributed by atoms with Gasteiger partial charge in [-0.15, -0.1) is 0 Å². The molecule has 0 saturated carbocycles. The van der Waals surface area contributed by atoms with E-state index in [-0.39, 0.29) is 24.8 Å². The minimum absolute atomic E-state index is 0.0215. The summed E-state index contributed by atoms with van der Waals surface area (Å²) >= 11 is 13.3. The first-order valence-electron chi connectivity index (χ1n) is 20.4. The lowest BCUT2D eigenvalue weighted by molar-refractivity contribution is -0.392. The molecule has 6 heterocycles. The van der Waals surface area contributed by atoms with Crippen molar-refractivity contribution in [3.05, 3.63) is 175 Å². The normalized spacial score (nSPS) is 10.9. The number of halogens is 7. The van der Waals surface area contributed by atoms with Gasteiger partial charge in [-0.3, -0.25) is 18.7 Å². The first kappa shape index (κ1) is 52.2. The molecule has 6 aromatic heterocycles. The van der Waals surface area contributed by atoms with Crippen molar-refractivity contribution in [2.45, 2.75) is 53.0 Å². The highest BCUT2D eigenvalue weighted by Crippen LogP contribution is 2.34. The van der Waals surface area contributed by atoms with Gasteiger partial charge in [0.15, 0.2) is 12.4 Å². The molecule has 0 saturated heterocycles. The molecule has 0 fully saturated rings. The summed E-state index contributed by atoms with van der Waals surface area (Å²) in [4.78, 5) is 26.9. The molecule has 25 heteroatoms. The zero-order valence-corrected chi connectivity index (χ0v) is 43.2. The number of hydrogen-bond donors (Lipinski definition) is 1. The van der Waals surface area contributed by atoms with Crippen LogP contribution in [0.3, 0.4) is 0 Å². The molecule has 0 radical (unpaired) electrons. The summed E-state index contributed by atoms with van der Waals surface area (Å²) in [6, 6.07) is 11.2. The van der Waals surface area contributed by atoms with E-state index in [0.717, 1.165) is 61.9 Å². The number of nitro groups is 2. The molecule has 0 aliphatic carbocycles. The van der Waals surface area contributed by atoms with E-state index in [9.17, 15) is 38.5 Å². The van der Waals surface area contributed by atoms with Gasteiger partial charge in [-0.1, -0.05) is 0 Å². The molecule has 0 bridgehead atoms. The van der Waals surface area contributed by atoms with Gasteiger partial charge in [-0.05, 0) is 139 Å². The van der Waals surface area contributed by atoms with Crippen molar-refractivity contribution in [2.24, 2.45) is 14.1 Å². The van der Waals surface area contributed by atoms with Gasteiger partial charge in [0.1, 0.15) is 27.4 Å². The molecule has 0 amide bonds. The minimum atomic E-state index is -0.940. The Kier molecular flexibility index (Phi) is 17.7. The number of pyridine rings is 2. The molecule has 0 spiro atoms. The van der Waals surface area contributed by atoms with Crippen LogP contribution in [0.1, 0.15) is 47.2 Å². The van der Waals surface area contributed by atoms with Crippen LogP contribution < -0.4 is 4.74 Å². The molecular weight excluding hydrogens is 1170 g/mol. The van der Waals surface area contributed by atoms with Crippen LogP contribution in [0.5, 0.6) is 5.75 Å². The molecule has 69 heavy (non-hydrogen) atoms. The summed E-state index contributed by atoms with van der Waals surface area (Å²) in [5, 5.41) is 48.7. The monoisotopic (exact) mass is 1200 g/mol. The Morgan fingerprint density at radius 1 is 0.638 bits per heavy atom. The highest BCUT2D eigenvalue weighted by molar-refractivity contribution is 9.11. The number of rotatable bonds is 14. The van der Waals surface area contributed by atoms with Crippen molar-refractivity contribution in [2.75, 3.05) is 0 Å². The highest BCUT2D eigenvalue weighted by atomic mass is 79.9. The van der Waals surface area contributed by atoms with Crippen LogP contribution in [0.4, 0.5) is 24.8 Å². The van der Waals surface area contributed by atoms with Gasteiger partial charge in [0.25, 0.3) is 0 Å². The number of aromatic nitrogens is 10. The van der Waals surface area contributed by atoms with Crippen molar-refractivity contribution in [3.63, 3.8) is 0 Å². The Morgan fingerprint density at radius 3 is 1.55 bits per heavy atom. The number of hydrogen-bond acceptors (Lipinski definition) is 12. The van der Waals surface area contributed by atoms with E-state index in [0.29, 0.717) is 44.2 Å². The van der Waals surface area contributed by atoms with Crippen LogP contribution in [0.25, 0.3) is 22.5 Å². The molecule has 0 aliphatic rings. The van der Waals surface area contributed by atoms with Crippen molar-refractivity contribution in [1.29, 1.82) is 0 Å². The molecule has 1 N–H and O–H groups in total. The number of nitrogens with zero attached hydrogens (tertiary/aromatic N) is 12. The van der Waals surface area contributed by atoms with Crippen molar-refractivity contribution >= 4 is 75.4 Å². The summed E-state index contributed by atoms with van der Waals surface area (Å²) in [6.07, 6.45) is 11.2. The average molecular weight is 1210 g/mol. The summed E-state index contributed by atoms with van der Waals surface area (Å²) in [5.74, 6) is -2.96. The van der Waals surface area contributed by atoms with Gasteiger partial charge in [0.05, 0.1) is 39.3 Å². The van der Waals surface area contributed by atoms with Crippen LogP contribution in [0.2, 0.25) is 0 Å². The molecule has 8 aromatic rings. The number of aliphatic hydroxyl groups excluding tert-OH is 1. The first-order chi connectivity index (χ1) is 32.9. The topological polar surface area (TPSA) is 213 Å². The molecule has 0 unspecified atom stereocenters. The molecule has 0 atom stereocenters. The third-order valence-corrected chi connectivity index (χ3v) is 12.7. The lowest BCUT2D eigenvalue weighted by Gasteiger charge is -2.12. The summed E-state index contributed by atoms with van der Waals surface area (Å²) in [6.45, 7) is 5.21. The molecule has 8 rings (SSSR count). The molecule has 18 nitrogen and oxygen atoms in total. The zero-order chi connectivity index (χ0) is 50.1. The maximum atomic E-state index is 14.2. The predicted octanol–water partition coefficient (Wildman–Crippen LogP) is 10.6. The quantitative estimate of drug-likeness (QED) is 0.0796. The minimum Gasteiger partial charge on any atom is -0.481 e. The molecule has 2 aromatic carbocycles. The Bertz CT molecular complexity index is 3140. The van der Waals surface area contributed by atoms with Crippen LogP contribution >= 0.6 is 63.7 Å². The Morgan fingerprint density at radius 2 is 1.10 bits per heavy atom. The van der Waals surface area contributed by atoms with Gasteiger partial charge in [-0.2, -0.15) is 24.8 Å². The fraction of sp³-hybridized carbons (Fsp3) is 0.227. The third kappa shape index (κ3) is 12.9. The van der Waals surface area contributed by atoms with Crippen molar-refractivity contribution in [1.82, 2.24) is 49.1 Å². The van der Waals surface area contributed by atoms with E-state index in [1.165, 1.54) is 42.7 Å². The van der Waals surface area contributed by atoms with Crippen LogP contribution in [-0.4, -0.2) is 64.0 Å². The predicted molar refractivity (Wildman–Crippen MR) is 261 cm³/mol.